The van der Waals surface area contributed by atoms with Gasteiger partial charge in [0, 0.05) is 18.8 Å². The van der Waals surface area contributed by atoms with Gasteiger partial charge in [0.1, 0.15) is 11.6 Å². The van der Waals surface area contributed by atoms with Crippen molar-refractivity contribution >= 4 is 5.82 Å². The minimum atomic E-state index is 0.489. The van der Waals surface area contributed by atoms with Gasteiger partial charge < -0.3 is 10.3 Å². The molecule has 2 rings (SSSR count). The molecule has 0 saturated carbocycles. The van der Waals surface area contributed by atoms with Gasteiger partial charge in [0.25, 0.3) is 0 Å². The fourth-order valence-electron chi connectivity index (χ4n) is 1.25. The molecule has 0 fully saturated rings. The van der Waals surface area contributed by atoms with Gasteiger partial charge in [0.05, 0.1) is 0 Å². The molecule has 0 aliphatic heterocycles. The lowest BCUT2D eigenvalue weighted by molar-refractivity contribution is 0.865. The van der Waals surface area contributed by atoms with Crippen molar-refractivity contribution in [2.45, 2.75) is 6.92 Å². The van der Waals surface area contributed by atoms with E-state index in [1.807, 2.05) is 24.6 Å². The largest absolute Gasteiger partial charge is 0.384 e. The maximum atomic E-state index is 5.58. The van der Waals surface area contributed by atoms with Gasteiger partial charge >= 0.3 is 0 Å². The summed E-state index contributed by atoms with van der Waals surface area (Å²) in [5, 5.41) is 8.03. The fourth-order valence-corrected chi connectivity index (χ4v) is 1.25. The number of nitrogens with two attached hydrogens (primary N) is 1. The Morgan fingerprint density at radius 1 is 1.36 bits per heavy atom. The van der Waals surface area contributed by atoms with Crippen LogP contribution in [0.4, 0.5) is 5.82 Å². The first-order chi connectivity index (χ1) is 6.68. The Balaban J connectivity index is 2.55. The number of pyridine rings is 1. The first-order valence-corrected chi connectivity index (χ1v) is 4.26. The molecule has 5 nitrogen and oxygen atoms in total. The Morgan fingerprint density at radius 3 is 2.71 bits per heavy atom. The second kappa shape index (κ2) is 3.10. The predicted molar refractivity (Wildman–Crippen MR) is 53.4 cm³/mol. The molecule has 2 aromatic rings. The Hall–Kier alpha value is -1.91. The third-order valence-electron chi connectivity index (χ3n) is 2.13. The molecule has 2 heterocycles. The van der Waals surface area contributed by atoms with E-state index in [4.69, 9.17) is 5.73 Å². The summed E-state index contributed by atoms with van der Waals surface area (Å²) in [7, 11) is 1.92. The molecule has 2 N–H and O–H groups in total. The maximum absolute atomic E-state index is 5.58. The highest BCUT2D eigenvalue weighted by atomic mass is 15.3. The minimum Gasteiger partial charge on any atom is -0.384 e. The van der Waals surface area contributed by atoms with Gasteiger partial charge in [0.2, 0.25) is 0 Å². The first-order valence-electron chi connectivity index (χ1n) is 4.26. The van der Waals surface area contributed by atoms with E-state index in [1.54, 1.807) is 12.3 Å². The zero-order valence-electron chi connectivity index (χ0n) is 8.10. The number of nitrogens with zero attached hydrogens (tertiary/aromatic N) is 4. The number of aryl methyl sites for hydroxylation is 1. The molecule has 0 unspecified atom stereocenters. The zero-order valence-corrected chi connectivity index (χ0v) is 8.10. The van der Waals surface area contributed by atoms with Crippen LogP contribution in [0.1, 0.15) is 5.82 Å². The van der Waals surface area contributed by atoms with Gasteiger partial charge in [-0.1, -0.05) is 0 Å². The highest BCUT2D eigenvalue weighted by molar-refractivity contribution is 5.58. The van der Waals surface area contributed by atoms with Crippen LogP contribution in [0.3, 0.4) is 0 Å². The van der Waals surface area contributed by atoms with Crippen LogP contribution in [0, 0.1) is 6.92 Å². The van der Waals surface area contributed by atoms with E-state index in [9.17, 15) is 0 Å². The topological polar surface area (TPSA) is 69.6 Å². The molecule has 0 saturated heterocycles. The Labute approximate surface area is 81.6 Å². The molecule has 0 aliphatic carbocycles. The molecule has 0 amide bonds. The quantitative estimate of drug-likeness (QED) is 0.719. The van der Waals surface area contributed by atoms with Crippen molar-refractivity contribution in [1.29, 1.82) is 0 Å². The average Bonchev–Trinajstić information content (AvgIpc) is 2.48. The Kier molecular flexibility index (Phi) is 1.92. The number of hydrogen-bond donors (Lipinski definition) is 1. The molecular weight excluding hydrogens is 178 g/mol. The molecule has 0 atom stereocenters. The number of hydrogen-bond acceptors (Lipinski definition) is 4. The monoisotopic (exact) mass is 189 g/mol. The van der Waals surface area contributed by atoms with Crippen molar-refractivity contribution in [1.82, 2.24) is 19.7 Å². The molecule has 14 heavy (non-hydrogen) atoms. The maximum Gasteiger partial charge on any atom is 0.163 e. The van der Waals surface area contributed by atoms with Crippen LogP contribution in [-0.2, 0) is 7.05 Å². The van der Waals surface area contributed by atoms with Crippen molar-refractivity contribution in [3.8, 4) is 11.4 Å². The van der Waals surface area contributed by atoms with Crippen molar-refractivity contribution in [2.24, 2.45) is 7.05 Å². The van der Waals surface area contributed by atoms with E-state index in [1.165, 1.54) is 0 Å². The van der Waals surface area contributed by atoms with Crippen LogP contribution in [0.25, 0.3) is 11.4 Å². The summed E-state index contributed by atoms with van der Waals surface area (Å²) in [6.45, 7) is 1.90. The van der Waals surface area contributed by atoms with Crippen LogP contribution in [0.15, 0.2) is 18.3 Å². The first kappa shape index (κ1) is 8.68. The highest BCUT2D eigenvalue weighted by Gasteiger charge is 2.07. The van der Waals surface area contributed by atoms with Crippen LogP contribution < -0.4 is 5.73 Å². The number of rotatable bonds is 1. The van der Waals surface area contributed by atoms with Crippen LogP contribution in [0.2, 0.25) is 0 Å². The predicted octanol–water partition coefficient (Wildman–Crippen LogP) is 0.768. The van der Waals surface area contributed by atoms with Gasteiger partial charge in [-0.05, 0) is 19.1 Å². The summed E-state index contributed by atoms with van der Waals surface area (Å²) in [6, 6.07) is 3.64. The summed E-state index contributed by atoms with van der Waals surface area (Å²) >= 11 is 0. The summed E-state index contributed by atoms with van der Waals surface area (Å²) in [6.07, 6.45) is 1.66. The Bertz CT molecular complexity index is 460. The van der Waals surface area contributed by atoms with E-state index < -0.39 is 0 Å². The van der Waals surface area contributed by atoms with Gasteiger partial charge in [-0.25, -0.2) is 4.98 Å². The summed E-state index contributed by atoms with van der Waals surface area (Å²) < 4.78 is 1.91. The second-order valence-corrected chi connectivity index (χ2v) is 3.10. The van der Waals surface area contributed by atoms with Crippen molar-refractivity contribution < 1.29 is 0 Å². The van der Waals surface area contributed by atoms with E-state index >= 15 is 0 Å². The molecule has 0 spiro atoms. The van der Waals surface area contributed by atoms with E-state index in [-0.39, 0.29) is 0 Å². The Morgan fingerprint density at radius 2 is 2.14 bits per heavy atom. The molecular formula is C9H11N5. The number of aromatic nitrogens is 4. The molecule has 2 aromatic heterocycles. The van der Waals surface area contributed by atoms with Crippen LogP contribution in [-0.4, -0.2) is 19.7 Å². The lowest BCUT2D eigenvalue weighted by atomic mass is 10.2. The van der Waals surface area contributed by atoms with Crippen LogP contribution >= 0.6 is 0 Å². The van der Waals surface area contributed by atoms with Gasteiger partial charge in [-0.15, -0.1) is 10.2 Å². The van der Waals surface area contributed by atoms with Crippen LogP contribution in [0.5, 0.6) is 0 Å². The fraction of sp³-hybridized carbons (Fsp3) is 0.222. The van der Waals surface area contributed by atoms with Gasteiger partial charge in [0.15, 0.2) is 5.82 Å². The molecule has 0 aliphatic rings. The third kappa shape index (κ3) is 1.32. The molecule has 0 bridgehead atoms. The molecule has 5 heteroatoms. The third-order valence-corrected chi connectivity index (χ3v) is 2.13. The SMILES string of the molecule is Cc1nnc(-c2ccnc(N)c2)n1C. The van der Waals surface area contributed by atoms with E-state index in [0.717, 1.165) is 17.2 Å². The normalized spacial score (nSPS) is 10.4. The molecule has 0 aromatic carbocycles. The zero-order chi connectivity index (χ0) is 10.1. The van der Waals surface area contributed by atoms with Gasteiger partial charge in [-0.2, -0.15) is 0 Å². The summed E-state index contributed by atoms with van der Waals surface area (Å²) in [5.74, 6) is 2.16. The standard InChI is InChI=1S/C9H11N5/c1-6-12-13-9(14(6)2)7-3-4-11-8(10)5-7/h3-5H,1-2H3,(H2,10,11). The number of nitrogen functional groups attached to an aromatic ring is 1. The summed E-state index contributed by atoms with van der Waals surface area (Å²) in [5.41, 5.74) is 6.52. The van der Waals surface area contributed by atoms with E-state index in [2.05, 4.69) is 15.2 Å². The smallest absolute Gasteiger partial charge is 0.163 e. The highest BCUT2D eigenvalue weighted by Crippen LogP contribution is 2.17. The second-order valence-electron chi connectivity index (χ2n) is 3.10. The average molecular weight is 189 g/mol. The van der Waals surface area contributed by atoms with Crippen molar-refractivity contribution in [2.75, 3.05) is 5.73 Å². The number of anilines is 1. The molecule has 72 valence electrons. The molecule has 0 radical (unpaired) electrons. The summed E-state index contributed by atoms with van der Waals surface area (Å²) in [4.78, 5) is 3.92. The minimum absolute atomic E-state index is 0.489. The van der Waals surface area contributed by atoms with Crippen molar-refractivity contribution in [3.63, 3.8) is 0 Å². The van der Waals surface area contributed by atoms with E-state index in [0.29, 0.717) is 5.82 Å². The van der Waals surface area contributed by atoms with Crippen molar-refractivity contribution in [3.05, 3.63) is 24.2 Å². The lowest BCUT2D eigenvalue weighted by Crippen LogP contribution is -1.96. The van der Waals surface area contributed by atoms with Gasteiger partial charge in [-0.3, -0.25) is 0 Å². The lowest BCUT2D eigenvalue weighted by Gasteiger charge is -2.01.